The molecule has 4 heteroatoms. The van der Waals surface area contributed by atoms with Gasteiger partial charge in [-0.15, -0.1) is 11.3 Å². The Morgan fingerprint density at radius 2 is 2.32 bits per heavy atom. The predicted octanol–water partition coefficient (Wildman–Crippen LogP) is 3.08. The molecule has 1 aromatic rings. The average molecular weight is 282 g/mol. The largest absolute Gasteiger partial charge is 0.394 e. The Morgan fingerprint density at radius 3 is 2.95 bits per heavy atom. The molecule has 0 saturated carbocycles. The molecule has 1 fully saturated rings. The Kier molecular flexibility index (Phi) is 4.98. The van der Waals surface area contributed by atoms with Crippen molar-refractivity contribution in [3.63, 3.8) is 0 Å². The van der Waals surface area contributed by atoms with Crippen LogP contribution in [0, 0.1) is 5.92 Å². The van der Waals surface area contributed by atoms with Crippen LogP contribution < -0.4 is 0 Å². The first kappa shape index (κ1) is 14.9. The molecule has 0 bridgehead atoms. The number of rotatable bonds is 6. The van der Waals surface area contributed by atoms with Gasteiger partial charge >= 0.3 is 0 Å². The van der Waals surface area contributed by atoms with E-state index in [1.807, 2.05) is 17.5 Å². The standard InChI is InChI=1S/C15H26N2OS/c1-4-15(11-18)6-5-7-17(15)10-13-9-16-14(19-13)8-12(2)3/h9,12,18H,4-8,10-11H2,1-3H3. The van der Waals surface area contributed by atoms with Crippen molar-refractivity contribution in [2.45, 2.75) is 58.5 Å². The van der Waals surface area contributed by atoms with Crippen LogP contribution in [0.2, 0.25) is 0 Å². The molecule has 0 radical (unpaired) electrons. The van der Waals surface area contributed by atoms with Crippen LogP contribution in [-0.4, -0.2) is 33.7 Å². The van der Waals surface area contributed by atoms with Gasteiger partial charge in [0.25, 0.3) is 0 Å². The van der Waals surface area contributed by atoms with Gasteiger partial charge in [0.2, 0.25) is 0 Å². The van der Waals surface area contributed by atoms with Crippen LogP contribution in [0.4, 0.5) is 0 Å². The molecular weight excluding hydrogens is 256 g/mol. The molecule has 0 aliphatic carbocycles. The maximum absolute atomic E-state index is 9.74. The summed E-state index contributed by atoms with van der Waals surface area (Å²) in [6.07, 6.45) is 6.45. The van der Waals surface area contributed by atoms with E-state index in [1.54, 1.807) is 0 Å². The van der Waals surface area contributed by atoms with Crippen molar-refractivity contribution in [3.05, 3.63) is 16.1 Å². The number of hydrogen-bond acceptors (Lipinski definition) is 4. The summed E-state index contributed by atoms with van der Waals surface area (Å²) in [5.41, 5.74) is 0.0161. The molecule has 3 nitrogen and oxygen atoms in total. The number of thiazole rings is 1. The van der Waals surface area contributed by atoms with E-state index >= 15 is 0 Å². The van der Waals surface area contributed by atoms with E-state index in [-0.39, 0.29) is 12.1 Å². The second-order valence-corrected chi connectivity index (χ2v) is 7.28. The van der Waals surface area contributed by atoms with Crippen molar-refractivity contribution in [1.29, 1.82) is 0 Å². The lowest BCUT2D eigenvalue weighted by Crippen LogP contribution is -2.45. The van der Waals surface area contributed by atoms with E-state index in [9.17, 15) is 5.11 Å². The summed E-state index contributed by atoms with van der Waals surface area (Å²) in [6.45, 7) is 8.98. The Labute approximate surface area is 120 Å². The smallest absolute Gasteiger partial charge is 0.0930 e. The number of hydrogen-bond donors (Lipinski definition) is 1. The zero-order valence-electron chi connectivity index (χ0n) is 12.4. The van der Waals surface area contributed by atoms with Gasteiger partial charge in [-0.1, -0.05) is 20.8 Å². The van der Waals surface area contributed by atoms with Crippen molar-refractivity contribution in [2.75, 3.05) is 13.2 Å². The molecular formula is C15H26N2OS. The molecule has 1 saturated heterocycles. The predicted molar refractivity (Wildman–Crippen MR) is 80.4 cm³/mol. The van der Waals surface area contributed by atoms with Crippen LogP contribution in [-0.2, 0) is 13.0 Å². The Bertz CT molecular complexity index is 399. The zero-order chi connectivity index (χ0) is 13.9. The molecule has 0 spiro atoms. The highest BCUT2D eigenvalue weighted by molar-refractivity contribution is 7.11. The van der Waals surface area contributed by atoms with Gasteiger partial charge < -0.3 is 5.11 Å². The van der Waals surface area contributed by atoms with E-state index in [0.717, 1.165) is 32.4 Å². The fraction of sp³-hybridized carbons (Fsp3) is 0.800. The van der Waals surface area contributed by atoms with Crippen LogP contribution in [0.5, 0.6) is 0 Å². The molecule has 1 aromatic heterocycles. The molecule has 0 amide bonds. The molecule has 1 N–H and O–H groups in total. The number of likely N-dealkylation sites (tertiary alicyclic amines) is 1. The minimum absolute atomic E-state index is 0.0161. The maximum Gasteiger partial charge on any atom is 0.0930 e. The number of aromatic nitrogens is 1. The lowest BCUT2D eigenvalue weighted by molar-refractivity contribution is 0.0555. The lowest BCUT2D eigenvalue weighted by Gasteiger charge is -2.36. The summed E-state index contributed by atoms with van der Waals surface area (Å²) in [5.74, 6) is 0.665. The highest BCUT2D eigenvalue weighted by Gasteiger charge is 2.38. The van der Waals surface area contributed by atoms with Gasteiger partial charge in [0.15, 0.2) is 0 Å². The first-order valence-electron chi connectivity index (χ1n) is 7.39. The van der Waals surface area contributed by atoms with Gasteiger partial charge in [-0.3, -0.25) is 4.90 Å². The first-order chi connectivity index (χ1) is 9.09. The number of aliphatic hydroxyl groups excluding tert-OH is 1. The monoisotopic (exact) mass is 282 g/mol. The molecule has 1 aliphatic heterocycles. The highest BCUT2D eigenvalue weighted by Crippen LogP contribution is 2.34. The molecule has 2 heterocycles. The van der Waals surface area contributed by atoms with E-state index in [1.165, 1.54) is 16.3 Å². The molecule has 2 rings (SSSR count). The summed E-state index contributed by atoms with van der Waals surface area (Å²) in [4.78, 5) is 8.32. The van der Waals surface area contributed by atoms with Crippen molar-refractivity contribution in [3.8, 4) is 0 Å². The molecule has 19 heavy (non-hydrogen) atoms. The molecule has 1 unspecified atom stereocenters. The van der Waals surface area contributed by atoms with Gasteiger partial charge in [-0.25, -0.2) is 4.98 Å². The SMILES string of the molecule is CCC1(CO)CCCN1Cc1cnc(CC(C)C)s1. The van der Waals surface area contributed by atoms with Crippen molar-refractivity contribution >= 4 is 11.3 Å². The van der Waals surface area contributed by atoms with Crippen LogP contribution in [0.15, 0.2) is 6.20 Å². The van der Waals surface area contributed by atoms with E-state index < -0.39 is 0 Å². The van der Waals surface area contributed by atoms with Crippen molar-refractivity contribution < 1.29 is 5.11 Å². The van der Waals surface area contributed by atoms with Gasteiger partial charge in [-0.2, -0.15) is 0 Å². The second kappa shape index (κ2) is 6.33. The summed E-state index contributed by atoms with van der Waals surface area (Å²) >= 11 is 1.84. The molecule has 0 aromatic carbocycles. The fourth-order valence-corrected chi connectivity index (χ4v) is 4.14. The summed E-state index contributed by atoms with van der Waals surface area (Å²) in [5, 5.41) is 11.0. The Morgan fingerprint density at radius 1 is 1.53 bits per heavy atom. The van der Waals surface area contributed by atoms with E-state index in [4.69, 9.17) is 0 Å². The minimum Gasteiger partial charge on any atom is -0.394 e. The van der Waals surface area contributed by atoms with Crippen LogP contribution in [0.1, 0.15) is 49.9 Å². The minimum atomic E-state index is 0.0161. The lowest BCUT2D eigenvalue weighted by atomic mass is 9.94. The van der Waals surface area contributed by atoms with Crippen LogP contribution in [0.25, 0.3) is 0 Å². The van der Waals surface area contributed by atoms with Crippen molar-refractivity contribution in [1.82, 2.24) is 9.88 Å². The van der Waals surface area contributed by atoms with Gasteiger partial charge in [0.1, 0.15) is 0 Å². The van der Waals surface area contributed by atoms with Crippen LogP contribution in [0.3, 0.4) is 0 Å². The maximum atomic E-state index is 9.74. The number of aliphatic hydroxyl groups is 1. The summed E-state index contributed by atoms with van der Waals surface area (Å²) < 4.78 is 0. The van der Waals surface area contributed by atoms with E-state index in [0.29, 0.717) is 5.92 Å². The number of nitrogens with zero attached hydrogens (tertiary/aromatic N) is 2. The van der Waals surface area contributed by atoms with Gasteiger partial charge in [0, 0.05) is 29.6 Å². The second-order valence-electron chi connectivity index (χ2n) is 6.08. The van der Waals surface area contributed by atoms with Crippen molar-refractivity contribution in [2.24, 2.45) is 5.92 Å². The van der Waals surface area contributed by atoms with Crippen LogP contribution >= 0.6 is 11.3 Å². The zero-order valence-corrected chi connectivity index (χ0v) is 13.2. The topological polar surface area (TPSA) is 36.4 Å². The quantitative estimate of drug-likeness (QED) is 0.871. The third-order valence-corrected chi connectivity index (χ3v) is 5.23. The molecule has 1 atom stereocenters. The Balaban J connectivity index is 2.02. The third kappa shape index (κ3) is 3.36. The highest BCUT2D eigenvalue weighted by atomic mass is 32.1. The average Bonchev–Trinajstić information content (AvgIpc) is 2.97. The molecule has 108 valence electrons. The third-order valence-electron chi connectivity index (χ3n) is 4.22. The van der Waals surface area contributed by atoms with E-state index in [2.05, 4.69) is 30.7 Å². The van der Waals surface area contributed by atoms with Gasteiger partial charge in [-0.05, 0) is 31.7 Å². The normalized spacial score (nSPS) is 24.5. The summed E-state index contributed by atoms with van der Waals surface area (Å²) in [7, 11) is 0. The summed E-state index contributed by atoms with van der Waals surface area (Å²) in [6, 6.07) is 0. The van der Waals surface area contributed by atoms with Gasteiger partial charge in [0.05, 0.1) is 11.6 Å². The Hall–Kier alpha value is -0.450. The fourth-order valence-electron chi connectivity index (χ4n) is 2.99. The molecule has 1 aliphatic rings. The first-order valence-corrected chi connectivity index (χ1v) is 8.21.